The van der Waals surface area contributed by atoms with Crippen LogP contribution in [0.2, 0.25) is 0 Å². The van der Waals surface area contributed by atoms with Crippen LogP contribution in [0.15, 0.2) is 11.6 Å². The molecule has 0 heterocycles. The third-order valence-electron chi connectivity index (χ3n) is 10.8. The summed E-state index contributed by atoms with van der Waals surface area (Å²) in [6.45, 7) is 8.69. The maximum atomic E-state index is 11.3. The fraction of sp³-hybridized carbons (Fsp3) is 0.926. The number of rotatable bonds is 10. The van der Waals surface area contributed by atoms with Crippen molar-refractivity contribution in [3.8, 4) is 0 Å². The molecular formula is C27H44Na2O9S2. The van der Waals surface area contributed by atoms with Crippen molar-refractivity contribution < 1.29 is 98.5 Å². The molecule has 0 radical (unpaired) electrons. The van der Waals surface area contributed by atoms with Crippen molar-refractivity contribution in [2.24, 2.45) is 46.3 Å². The predicted octanol–water partition coefficient (Wildman–Crippen LogP) is -1.69. The summed E-state index contributed by atoms with van der Waals surface area (Å²) in [4.78, 5) is 0. The molecule has 4 aliphatic carbocycles. The van der Waals surface area contributed by atoms with E-state index in [2.05, 4.69) is 33.8 Å². The number of aliphatic hydroxyl groups excluding tert-OH is 1. The molecule has 220 valence electrons. The molecule has 40 heavy (non-hydrogen) atoms. The minimum atomic E-state index is -4.84. The van der Waals surface area contributed by atoms with Crippen LogP contribution in [0, 0.1) is 46.3 Å². The minimum Gasteiger partial charge on any atom is -0.726 e. The minimum absolute atomic E-state index is 0. The Labute approximate surface area is 285 Å². The van der Waals surface area contributed by atoms with Gasteiger partial charge in [-0.15, -0.1) is 0 Å². The zero-order valence-corrected chi connectivity index (χ0v) is 30.6. The van der Waals surface area contributed by atoms with Gasteiger partial charge in [0, 0.05) is 11.8 Å². The summed E-state index contributed by atoms with van der Waals surface area (Å²) in [5.41, 5.74) is 0.485. The van der Waals surface area contributed by atoms with Gasteiger partial charge in [0.2, 0.25) is 20.8 Å². The Kier molecular flexibility index (Phi) is 13.4. The molecule has 0 spiro atoms. The van der Waals surface area contributed by atoms with Gasteiger partial charge in [0.05, 0.1) is 18.8 Å². The third kappa shape index (κ3) is 8.17. The third-order valence-corrected chi connectivity index (χ3v) is 11.8. The van der Waals surface area contributed by atoms with Crippen molar-refractivity contribution in [2.45, 2.75) is 104 Å². The number of fused-ring (bicyclic) bond motifs is 5. The van der Waals surface area contributed by atoms with E-state index in [1.54, 1.807) is 0 Å². The first kappa shape index (κ1) is 37.6. The number of hydrogen-bond donors (Lipinski definition) is 1. The fourth-order valence-electron chi connectivity index (χ4n) is 9.10. The maximum Gasteiger partial charge on any atom is 1.00 e. The predicted molar refractivity (Wildman–Crippen MR) is 139 cm³/mol. The van der Waals surface area contributed by atoms with E-state index in [0.717, 1.165) is 56.9 Å². The Bertz CT molecular complexity index is 1110. The van der Waals surface area contributed by atoms with Gasteiger partial charge in [-0.3, -0.25) is 8.37 Å². The van der Waals surface area contributed by atoms with E-state index in [0.29, 0.717) is 24.2 Å². The van der Waals surface area contributed by atoms with Gasteiger partial charge in [0.15, 0.2) is 0 Å². The van der Waals surface area contributed by atoms with Crippen LogP contribution in [0.3, 0.4) is 0 Å². The van der Waals surface area contributed by atoms with Crippen LogP contribution in [-0.2, 0) is 29.2 Å². The topological polar surface area (TPSA) is 153 Å². The molecule has 0 aromatic carbocycles. The molecular weight excluding hydrogens is 578 g/mol. The summed E-state index contributed by atoms with van der Waals surface area (Å²) in [7, 11) is -9.60. The normalized spacial score (nSPS) is 38.2. The standard InChI is InChI=1S/C27H46O9S2.2Na/c1-17(2)6-5-7-18(16-35-37(29,30)31)22-10-11-23-21-9-8-19-14-20(36-38(32,33)34)15-25(28)27(19,4)24(21)12-13-26(22,23)3;;/h8,17-18,20-25,28H,5-7,9-16H2,1-4H3,(H,29,30,31)(H,32,33,34);;/q;2*+1/p-2/t18-,20-,21?,22+,23?,24?,25+,26+,27-;;/m0../s1. The van der Waals surface area contributed by atoms with E-state index < -0.39 is 38.4 Å². The molecule has 0 saturated heterocycles. The molecule has 4 aliphatic rings. The summed E-state index contributed by atoms with van der Waals surface area (Å²) in [5.74, 6) is 1.80. The second-order valence-corrected chi connectivity index (χ2v) is 15.3. The smallest absolute Gasteiger partial charge is 0.726 e. The Morgan fingerprint density at radius 2 is 1.70 bits per heavy atom. The molecule has 3 unspecified atom stereocenters. The van der Waals surface area contributed by atoms with Gasteiger partial charge >= 0.3 is 59.1 Å². The quantitative estimate of drug-likeness (QED) is 0.130. The first-order valence-electron chi connectivity index (χ1n) is 14.2. The van der Waals surface area contributed by atoms with Crippen molar-refractivity contribution in [1.82, 2.24) is 0 Å². The second kappa shape index (κ2) is 14.3. The molecule has 13 heteroatoms. The van der Waals surface area contributed by atoms with Gasteiger partial charge in [0.25, 0.3) is 0 Å². The SMILES string of the molecule is CC(C)CCC[C@@H](COS(=O)(=O)[O-])[C@H]1CCC2C3CC=C4C[C@H](OS(=O)(=O)[O-])C[C@@H](O)[C@]4(C)C3CC[C@@]21C.[Na+].[Na+]. The number of aliphatic hydroxyl groups is 1. The molecule has 9 nitrogen and oxygen atoms in total. The van der Waals surface area contributed by atoms with Crippen molar-refractivity contribution >= 4 is 20.8 Å². The summed E-state index contributed by atoms with van der Waals surface area (Å²) in [6, 6.07) is 0. The molecule has 0 bridgehead atoms. The van der Waals surface area contributed by atoms with Crippen LogP contribution in [0.4, 0.5) is 0 Å². The first-order valence-corrected chi connectivity index (χ1v) is 16.8. The Morgan fingerprint density at radius 3 is 2.30 bits per heavy atom. The molecule has 0 aromatic heterocycles. The van der Waals surface area contributed by atoms with Gasteiger partial charge in [-0.25, -0.2) is 16.8 Å². The molecule has 1 N–H and O–H groups in total. The van der Waals surface area contributed by atoms with Crippen LogP contribution >= 0.6 is 0 Å². The Morgan fingerprint density at radius 1 is 1.02 bits per heavy atom. The molecule has 3 fully saturated rings. The fourth-order valence-corrected chi connectivity index (χ4v) is 9.92. The van der Waals surface area contributed by atoms with Crippen molar-refractivity contribution in [3.05, 3.63) is 11.6 Å². The molecule has 9 atom stereocenters. The molecule has 4 rings (SSSR count). The van der Waals surface area contributed by atoms with E-state index in [1.807, 2.05) is 0 Å². The Hall–Kier alpha value is 1.44. The summed E-state index contributed by atoms with van der Waals surface area (Å²) in [5, 5.41) is 11.3. The van der Waals surface area contributed by atoms with Crippen molar-refractivity contribution in [1.29, 1.82) is 0 Å². The van der Waals surface area contributed by atoms with Gasteiger partial charge in [-0.1, -0.05) is 52.2 Å². The van der Waals surface area contributed by atoms with E-state index in [1.165, 1.54) is 0 Å². The van der Waals surface area contributed by atoms with Gasteiger partial charge < -0.3 is 14.2 Å². The second-order valence-electron chi connectivity index (χ2n) is 13.2. The zero-order valence-electron chi connectivity index (χ0n) is 25.0. The Balaban J connectivity index is 0.00000280. The summed E-state index contributed by atoms with van der Waals surface area (Å²) >= 11 is 0. The van der Waals surface area contributed by atoms with Gasteiger partial charge in [-0.05, 0) is 85.9 Å². The zero-order chi connectivity index (χ0) is 28.1. The van der Waals surface area contributed by atoms with Crippen molar-refractivity contribution in [3.63, 3.8) is 0 Å². The number of allylic oxidation sites excluding steroid dienone is 1. The molecule has 0 aliphatic heterocycles. The van der Waals surface area contributed by atoms with Gasteiger partial charge in [0.1, 0.15) is 0 Å². The largest absolute Gasteiger partial charge is 1.00 e. The van der Waals surface area contributed by atoms with Crippen LogP contribution in [0.1, 0.15) is 91.9 Å². The number of hydrogen-bond acceptors (Lipinski definition) is 9. The van der Waals surface area contributed by atoms with E-state index in [4.69, 9.17) is 8.37 Å². The monoisotopic (exact) mass is 622 g/mol. The average molecular weight is 623 g/mol. The van der Waals surface area contributed by atoms with E-state index in [-0.39, 0.29) is 95.3 Å². The molecule has 0 aromatic rings. The van der Waals surface area contributed by atoms with E-state index >= 15 is 0 Å². The average Bonchev–Trinajstić information content (AvgIpc) is 3.12. The van der Waals surface area contributed by atoms with Crippen LogP contribution < -0.4 is 59.1 Å². The van der Waals surface area contributed by atoms with Crippen LogP contribution in [0.25, 0.3) is 0 Å². The van der Waals surface area contributed by atoms with Crippen LogP contribution in [-0.4, -0.2) is 49.9 Å². The summed E-state index contributed by atoms with van der Waals surface area (Å²) in [6.07, 6.45) is 8.45. The summed E-state index contributed by atoms with van der Waals surface area (Å²) < 4.78 is 77.1. The van der Waals surface area contributed by atoms with Crippen molar-refractivity contribution in [2.75, 3.05) is 6.61 Å². The molecule has 0 amide bonds. The molecule has 3 saturated carbocycles. The van der Waals surface area contributed by atoms with E-state index in [9.17, 15) is 31.0 Å². The first-order chi connectivity index (χ1) is 17.5. The maximum absolute atomic E-state index is 11.3. The van der Waals surface area contributed by atoms with Crippen LogP contribution in [0.5, 0.6) is 0 Å². The van der Waals surface area contributed by atoms with Gasteiger partial charge in [-0.2, -0.15) is 0 Å².